The number of fused-ring (bicyclic) bond motifs is 1. The molecule has 0 saturated heterocycles. The van der Waals surface area contributed by atoms with Crippen LogP contribution < -0.4 is 10.6 Å². The summed E-state index contributed by atoms with van der Waals surface area (Å²) >= 11 is 5.59. The number of nitrogens with one attached hydrogen (secondary N) is 2. The molecule has 198 valence electrons. The van der Waals surface area contributed by atoms with Gasteiger partial charge >= 0.3 is 18.5 Å². The van der Waals surface area contributed by atoms with Crippen molar-refractivity contribution in [2.24, 2.45) is 0 Å². The first-order valence-corrected chi connectivity index (χ1v) is 10.7. The van der Waals surface area contributed by atoms with Gasteiger partial charge in [-0.05, 0) is 59.9 Å². The molecule has 0 radical (unpaired) electrons. The second-order valence-corrected chi connectivity index (χ2v) is 8.74. The molecular weight excluding hydrogens is 531 g/mol. The topological polar surface area (TPSA) is 61.4 Å². The first-order valence-electron chi connectivity index (χ1n) is 10.3. The minimum Gasteiger partial charge on any atom is -0.381 e. The van der Waals surface area contributed by atoms with E-state index in [9.17, 15) is 49.4 Å². The highest BCUT2D eigenvalue weighted by molar-refractivity contribution is 6.30. The number of benzene rings is 2. The van der Waals surface area contributed by atoms with Crippen molar-refractivity contribution < 1.29 is 49.4 Å². The number of rotatable bonds is 6. The first-order chi connectivity index (χ1) is 16.4. The molecule has 3 rings (SSSR count). The SMILES string of the molecule is O=C(CC(F)(F)F)N[C@@H]1CCc2cc(NC[C@](O)(c3cc(Cl)cc(C(F)(F)F)c3)C(F)(F)F)ccc21. The number of aryl methyl sites for hydroxylation is 1. The lowest BCUT2D eigenvalue weighted by Crippen LogP contribution is -2.48. The second-order valence-electron chi connectivity index (χ2n) is 8.30. The molecule has 0 fully saturated rings. The number of carbonyl (C=O) groups is 1. The van der Waals surface area contributed by atoms with Gasteiger partial charge in [-0.1, -0.05) is 17.7 Å². The van der Waals surface area contributed by atoms with Gasteiger partial charge in [-0.25, -0.2) is 0 Å². The highest BCUT2D eigenvalue weighted by atomic mass is 35.5. The molecule has 1 aliphatic carbocycles. The van der Waals surface area contributed by atoms with Gasteiger partial charge in [0, 0.05) is 10.7 Å². The van der Waals surface area contributed by atoms with Crippen LogP contribution in [0.5, 0.6) is 0 Å². The van der Waals surface area contributed by atoms with E-state index in [0.29, 0.717) is 29.7 Å². The molecule has 14 heteroatoms. The van der Waals surface area contributed by atoms with Gasteiger partial charge in [-0.2, -0.15) is 39.5 Å². The van der Waals surface area contributed by atoms with E-state index >= 15 is 0 Å². The number of anilines is 1. The molecular formula is C22H18ClF9N2O2. The Hall–Kier alpha value is -2.67. The third kappa shape index (κ3) is 6.36. The Kier molecular flexibility index (Phi) is 7.49. The Morgan fingerprint density at radius 3 is 2.19 bits per heavy atom. The van der Waals surface area contributed by atoms with Gasteiger partial charge in [0.2, 0.25) is 11.5 Å². The number of aliphatic hydroxyl groups is 1. The van der Waals surface area contributed by atoms with Crippen molar-refractivity contribution in [3.05, 3.63) is 63.7 Å². The molecule has 0 aliphatic heterocycles. The Labute approximate surface area is 203 Å². The minimum absolute atomic E-state index is 0.0664. The van der Waals surface area contributed by atoms with Gasteiger partial charge < -0.3 is 15.7 Å². The Bertz CT molecular complexity index is 1130. The van der Waals surface area contributed by atoms with Crippen LogP contribution in [0.15, 0.2) is 36.4 Å². The number of hydrogen-bond acceptors (Lipinski definition) is 3. The number of alkyl halides is 9. The molecule has 36 heavy (non-hydrogen) atoms. The molecule has 0 aromatic heterocycles. The van der Waals surface area contributed by atoms with Crippen molar-refractivity contribution in [2.45, 2.75) is 49.4 Å². The summed E-state index contributed by atoms with van der Waals surface area (Å²) in [4.78, 5) is 11.6. The Morgan fingerprint density at radius 2 is 1.61 bits per heavy atom. The van der Waals surface area contributed by atoms with Gasteiger partial charge in [-0.3, -0.25) is 4.79 Å². The highest BCUT2D eigenvalue weighted by Gasteiger charge is 2.55. The zero-order valence-corrected chi connectivity index (χ0v) is 18.8. The fourth-order valence-electron chi connectivity index (χ4n) is 3.89. The zero-order chi connectivity index (χ0) is 27.1. The van der Waals surface area contributed by atoms with E-state index in [1.54, 1.807) is 0 Å². The summed E-state index contributed by atoms with van der Waals surface area (Å²) in [6, 6.07) is 4.53. The molecule has 2 aromatic carbocycles. The van der Waals surface area contributed by atoms with Crippen molar-refractivity contribution in [1.82, 2.24) is 5.32 Å². The molecule has 0 saturated carbocycles. The Balaban J connectivity index is 1.81. The molecule has 0 unspecified atom stereocenters. The summed E-state index contributed by atoms with van der Waals surface area (Å²) in [6.45, 7) is -1.27. The summed E-state index contributed by atoms with van der Waals surface area (Å²) in [6.07, 6.45) is -16.2. The minimum atomic E-state index is -5.39. The van der Waals surface area contributed by atoms with Crippen LogP contribution in [-0.2, 0) is 23.0 Å². The summed E-state index contributed by atoms with van der Waals surface area (Å²) in [7, 11) is 0. The van der Waals surface area contributed by atoms with Crippen LogP contribution >= 0.6 is 11.6 Å². The van der Waals surface area contributed by atoms with Gasteiger partial charge in [0.25, 0.3) is 0 Å². The largest absolute Gasteiger partial charge is 0.423 e. The van der Waals surface area contributed by atoms with Crippen molar-refractivity contribution in [1.29, 1.82) is 0 Å². The number of halogens is 10. The van der Waals surface area contributed by atoms with Gasteiger partial charge in [-0.15, -0.1) is 0 Å². The molecule has 0 heterocycles. The molecule has 1 aliphatic rings. The maximum atomic E-state index is 13.8. The predicted molar refractivity (Wildman–Crippen MR) is 111 cm³/mol. The standard InChI is InChI=1S/C22H18ClF9N2O2/c23-14-7-12(6-13(8-14)21(27,28)29)19(36,22(30,31)32)10-33-15-2-3-16-11(5-15)1-4-17(16)34-18(35)9-20(24,25)26/h2-3,5-8,17,33,36H,1,4,9-10H2,(H,34,35)/t17-,19+/m1/s1. The van der Waals surface area contributed by atoms with Crippen LogP contribution in [0.25, 0.3) is 0 Å². The van der Waals surface area contributed by atoms with Crippen LogP contribution in [0.2, 0.25) is 5.02 Å². The summed E-state index contributed by atoms with van der Waals surface area (Å²) in [5, 5.41) is 14.4. The van der Waals surface area contributed by atoms with Gasteiger partial charge in [0.1, 0.15) is 6.42 Å². The molecule has 1 amide bonds. The average molecular weight is 549 g/mol. The maximum Gasteiger partial charge on any atom is 0.423 e. The lowest BCUT2D eigenvalue weighted by atomic mass is 9.91. The summed E-state index contributed by atoms with van der Waals surface area (Å²) in [5.74, 6) is -1.22. The fraction of sp³-hybridized carbons (Fsp3) is 0.409. The lowest BCUT2D eigenvalue weighted by Gasteiger charge is -2.32. The number of carbonyl (C=O) groups excluding carboxylic acids is 1. The quantitative estimate of drug-likeness (QED) is 0.373. The van der Waals surface area contributed by atoms with E-state index < -0.39 is 65.2 Å². The van der Waals surface area contributed by atoms with Crippen molar-refractivity contribution in [3.8, 4) is 0 Å². The number of hydrogen-bond donors (Lipinski definition) is 3. The van der Waals surface area contributed by atoms with Crippen LogP contribution in [0.3, 0.4) is 0 Å². The van der Waals surface area contributed by atoms with E-state index in [-0.39, 0.29) is 18.2 Å². The predicted octanol–water partition coefficient (Wildman–Crippen LogP) is 6.28. The van der Waals surface area contributed by atoms with Crippen LogP contribution in [-0.4, -0.2) is 29.9 Å². The molecule has 4 nitrogen and oxygen atoms in total. The second kappa shape index (κ2) is 9.66. The molecule has 3 N–H and O–H groups in total. The summed E-state index contributed by atoms with van der Waals surface area (Å²) in [5.41, 5.74) is -5.25. The molecule has 2 atom stereocenters. The van der Waals surface area contributed by atoms with Crippen LogP contribution in [0.4, 0.5) is 45.2 Å². The normalized spacial score (nSPS) is 17.9. The number of amides is 1. The molecule has 0 spiro atoms. The molecule has 2 aromatic rings. The summed E-state index contributed by atoms with van der Waals surface area (Å²) < 4.78 is 118. The first kappa shape index (κ1) is 27.9. The molecule has 0 bridgehead atoms. The van der Waals surface area contributed by atoms with Crippen molar-refractivity contribution >= 4 is 23.2 Å². The van der Waals surface area contributed by atoms with Crippen LogP contribution in [0.1, 0.15) is 41.1 Å². The zero-order valence-electron chi connectivity index (χ0n) is 18.0. The fourth-order valence-corrected chi connectivity index (χ4v) is 4.13. The van der Waals surface area contributed by atoms with E-state index in [1.807, 2.05) is 0 Å². The average Bonchev–Trinajstić information content (AvgIpc) is 3.10. The van der Waals surface area contributed by atoms with Gasteiger partial charge in [0.15, 0.2) is 0 Å². The lowest BCUT2D eigenvalue weighted by molar-refractivity contribution is -0.260. The maximum absolute atomic E-state index is 13.8. The monoisotopic (exact) mass is 548 g/mol. The van der Waals surface area contributed by atoms with Crippen molar-refractivity contribution in [2.75, 3.05) is 11.9 Å². The highest BCUT2D eigenvalue weighted by Crippen LogP contribution is 2.43. The third-order valence-electron chi connectivity index (χ3n) is 5.64. The Morgan fingerprint density at radius 1 is 0.972 bits per heavy atom. The van der Waals surface area contributed by atoms with E-state index in [1.165, 1.54) is 18.2 Å². The van der Waals surface area contributed by atoms with Gasteiger partial charge in [0.05, 0.1) is 18.2 Å². The van der Waals surface area contributed by atoms with E-state index in [4.69, 9.17) is 11.6 Å². The van der Waals surface area contributed by atoms with Crippen molar-refractivity contribution in [3.63, 3.8) is 0 Å². The van der Waals surface area contributed by atoms with E-state index in [0.717, 1.165) is 0 Å². The smallest absolute Gasteiger partial charge is 0.381 e. The third-order valence-corrected chi connectivity index (χ3v) is 5.86. The van der Waals surface area contributed by atoms with E-state index in [2.05, 4.69) is 10.6 Å². The van der Waals surface area contributed by atoms with Crippen LogP contribution in [0, 0.1) is 0 Å².